The summed E-state index contributed by atoms with van der Waals surface area (Å²) in [6, 6.07) is 0. The van der Waals surface area contributed by atoms with E-state index in [2.05, 4.69) is 4.74 Å². The van der Waals surface area contributed by atoms with Crippen LogP contribution in [0, 0.1) is 0 Å². The van der Waals surface area contributed by atoms with E-state index in [0.717, 1.165) is 0 Å². The molecular formula is C10H12F4O2. The first-order chi connectivity index (χ1) is 7.43. The maximum atomic E-state index is 13.2. The van der Waals surface area contributed by atoms with E-state index in [1.165, 1.54) is 6.92 Å². The van der Waals surface area contributed by atoms with E-state index in [0.29, 0.717) is 19.4 Å². The fourth-order valence-electron chi connectivity index (χ4n) is 2.03. The molecule has 16 heavy (non-hydrogen) atoms. The van der Waals surface area contributed by atoms with Crippen LogP contribution < -0.4 is 0 Å². The minimum Gasteiger partial charge on any atom is -0.491 e. The highest BCUT2D eigenvalue weighted by Gasteiger charge is 2.74. The molecule has 6 heteroatoms. The Labute approximate surface area is 90.2 Å². The number of ether oxygens (including phenoxy) is 2. The van der Waals surface area contributed by atoms with Crippen LogP contribution in [-0.4, -0.2) is 31.2 Å². The minimum absolute atomic E-state index is 0.0583. The van der Waals surface area contributed by atoms with Crippen LogP contribution in [-0.2, 0) is 9.47 Å². The van der Waals surface area contributed by atoms with Gasteiger partial charge >= 0.3 is 11.8 Å². The van der Waals surface area contributed by atoms with Crippen molar-refractivity contribution in [1.82, 2.24) is 0 Å². The molecule has 0 spiro atoms. The molecule has 0 saturated carbocycles. The lowest BCUT2D eigenvalue weighted by Crippen LogP contribution is -2.57. The van der Waals surface area contributed by atoms with Crippen molar-refractivity contribution in [2.75, 3.05) is 13.2 Å². The lowest BCUT2D eigenvalue weighted by molar-refractivity contribution is -0.227. The van der Waals surface area contributed by atoms with Crippen LogP contribution in [0.5, 0.6) is 0 Å². The smallest absolute Gasteiger partial charge is 0.370 e. The van der Waals surface area contributed by atoms with E-state index in [-0.39, 0.29) is 6.61 Å². The molecule has 1 aliphatic carbocycles. The molecular weight excluding hydrogens is 228 g/mol. The Morgan fingerprint density at radius 2 is 2.00 bits per heavy atom. The molecule has 0 N–H and O–H groups in total. The molecule has 0 radical (unpaired) electrons. The summed E-state index contributed by atoms with van der Waals surface area (Å²) >= 11 is 0. The van der Waals surface area contributed by atoms with E-state index in [9.17, 15) is 17.6 Å². The monoisotopic (exact) mass is 240 g/mol. The Morgan fingerprint density at radius 1 is 1.31 bits per heavy atom. The van der Waals surface area contributed by atoms with Gasteiger partial charge in [0, 0.05) is 6.61 Å². The zero-order valence-electron chi connectivity index (χ0n) is 8.73. The van der Waals surface area contributed by atoms with Crippen molar-refractivity contribution in [3.63, 3.8) is 0 Å². The summed E-state index contributed by atoms with van der Waals surface area (Å²) in [6.45, 7) is 1.75. The first-order valence-electron chi connectivity index (χ1n) is 5.18. The van der Waals surface area contributed by atoms with E-state index < -0.39 is 29.3 Å². The van der Waals surface area contributed by atoms with Gasteiger partial charge in [-0.1, -0.05) is 0 Å². The standard InChI is InChI=1S/C10H12F4O2/c1-2-15-8-7(6-4-3-5-16-6)9(11,12)10(8,13)14/h6H,2-5H2,1H3. The summed E-state index contributed by atoms with van der Waals surface area (Å²) < 4.78 is 62.3. The quantitative estimate of drug-likeness (QED) is 0.706. The fourth-order valence-corrected chi connectivity index (χ4v) is 2.03. The average molecular weight is 240 g/mol. The molecule has 0 amide bonds. The van der Waals surface area contributed by atoms with Crippen LogP contribution in [0.4, 0.5) is 17.6 Å². The summed E-state index contributed by atoms with van der Waals surface area (Å²) in [4.78, 5) is 0. The predicted octanol–water partition coefficient (Wildman–Crippen LogP) is 2.74. The predicted molar refractivity (Wildman–Crippen MR) is 47.5 cm³/mol. The molecule has 1 aliphatic heterocycles. The van der Waals surface area contributed by atoms with Crippen LogP contribution >= 0.6 is 0 Å². The van der Waals surface area contributed by atoms with Crippen molar-refractivity contribution in [2.24, 2.45) is 0 Å². The zero-order chi connectivity index (χ0) is 12.0. The zero-order valence-corrected chi connectivity index (χ0v) is 8.73. The summed E-state index contributed by atoms with van der Waals surface area (Å²) in [5, 5.41) is 0. The number of hydrogen-bond donors (Lipinski definition) is 0. The van der Waals surface area contributed by atoms with Gasteiger partial charge in [-0.15, -0.1) is 0 Å². The molecule has 1 heterocycles. The highest BCUT2D eigenvalue weighted by Crippen LogP contribution is 2.58. The summed E-state index contributed by atoms with van der Waals surface area (Å²) in [5.41, 5.74) is -0.670. The second kappa shape index (κ2) is 3.61. The van der Waals surface area contributed by atoms with Crippen LogP contribution in [0.2, 0.25) is 0 Å². The lowest BCUT2D eigenvalue weighted by atomic mass is 9.82. The highest BCUT2D eigenvalue weighted by molar-refractivity contribution is 5.43. The third kappa shape index (κ3) is 1.35. The number of allylic oxidation sites excluding steroid dienone is 1. The highest BCUT2D eigenvalue weighted by atomic mass is 19.3. The van der Waals surface area contributed by atoms with Crippen LogP contribution in [0.25, 0.3) is 0 Å². The maximum Gasteiger partial charge on any atom is 0.370 e. The van der Waals surface area contributed by atoms with Gasteiger partial charge < -0.3 is 9.47 Å². The Morgan fingerprint density at radius 3 is 2.50 bits per heavy atom. The molecule has 1 saturated heterocycles. The van der Waals surface area contributed by atoms with Crippen LogP contribution in [0.3, 0.4) is 0 Å². The number of alkyl halides is 4. The van der Waals surface area contributed by atoms with E-state index in [4.69, 9.17) is 4.74 Å². The Balaban J connectivity index is 2.33. The first-order valence-corrected chi connectivity index (χ1v) is 5.18. The molecule has 0 aromatic rings. The summed E-state index contributed by atoms with van der Waals surface area (Å²) in [5.74, 6) is -9.22. The molecule has 1 atom stereocenters. The Bertz CT molecular complexity index is 319. The van der Waals surface area contributed by atoms with Crippen LogP contribution in [0.1, 0.15) is 19.8 Å². The third-order valence-electron chi connectivity index (χ3n) is 2.80. The summed E-state index contributed by atoms with van der Waals surface area (Å²) in [7, 11) is 0. The van der Waals surface area contributed by atoms with Gasteiger partial charge in [-0.3, -0.25) is 0 Å². The van der Waals surface area contributed by atoms with E-state index >= 15 is 0 Å². The van der Waals surface area contributed by atoms with Crippen molar-refractivity contribution in [1.29, 1.82) is 0 Å². The van der Waals surface area contributed by atoms with E-state index in [1.54, 1.807) is 0 Å². The molecule has 2 rings (SSSR count). The number of halogens is 4. The normalized spacial score (nSPS) is 31.4. The van der Waals surface area contributed by atoms with Gasteiger partial charge in [-0.2, -0.15) is 17.6 Å². The second-order valence-electron chi connectivity index (χ2n) is 3.83. The van der Waals surface area contributed by atoms with E-state index in [1.807, 2.05) is 0 Å². The number of rotatable bonds is 3. The SMILES string of the molecule is CCOC1=C(C2CCCO2)C(F)(F)C1(F)F. The van der Waals surface area contributed by atoms with Gasteiger partial charge in [0.1, 0.15) is 0 Å². The molecule has 92 valence electrons. The maximum absolute atomic E-state index is 13.2. The van der Waals surface area contributed by atoms with Gasteiger partial charge in [-0.05, 0) is 19.8 Å². The van der Waals surface area contributed by atoms with Gasteiger partial charge in [0.05, 0.1) is 18.3 Å². The van der Waals surface area contributed by atoms with Crippen molar-refractivity contribution in [3.8, 4) is 0 Å². The van der Waals surface area contributed by atoms with Crippen molar-refractivity contribution in [3.05, 3.63) is 11.3 Å². The van der Waals surface area contributed by atoms with Gasteiger partial charge in [0.2, 0.25) is 0 Å². The average Bonchev–Trinajstić information content (AvgIpc) is 2.69. The fraction of sp³-hybridized carbons (Fsp3) is 0.800. The van der Waals surface area contributed by atoms with Crippen molar-refractivity contribution in [2.45, 2.75) is 37.7 Å². The molecule has 0 aromatic carbocycles. The van der Waals surface area contributed by atoms with Gasteiger partial charge in [0.25, 0.3) is 0 Å². The topological polar surface area (TPSA) is 18.5 Å². The third-order valence-corrected chi connectivity index (χ3v) is 2.80. The van der Waals surface area contributed by atoms with Crippen molar-refractivity contribution >= 4 is 0 Å². The lowest BCUT2D eigenvalue weighted by Gasteiger charge is -2.41. The Hall–Kier alpha value is -0.780. The first kappa shape index (κ1) is 11.7. The molecule has 1 unspecified atom stereocenters. The molecule has 0 bridgehead atoms. The second-order valence-corrected chi connectivity index (χ2v) is 3.83. The number of hydrogen-bond acceptors (Lipinski definition) is 2. The van der Waals surface area contributed by atoms with Gasteiger partial charge in [0.15, 0.2) is 5.76 Å². The van der Waals surface area contributed by atoms with Gasteiger partial charge in [-0.25, -0.2) is 0 Å². The summed E-state index contributed by atoms with van der Waals surface area (Å²) in [6.07, 6.45) is 0.0310. The molecule has 2 aliphatic rings. The van der Waals surface area contributed by atoms with Crippen molar-refractivity contribution < 1.29 is 27.0 Å². The van der Waals surface area contributed by atoms with Crippen LogP contribution in [0.15, 0.2) is 11.3 Å². The minimum atomic E-state index is -4.19. The molecule has 2 nitrogen and oxygen atoms in total. The Kier molecular flexibility index (Phi) is 2.64. The largest absolute Gasteiger partial charge is 0.491 e. The molecule has 1 fully saturated rings. The molecule has 0 aromatic heterocycles.